The lowest BCUT2D eigenvalue weighted by molar-refractivity contribution is 0.0943. The van der Waals surface area contributed by atoms with E-state index in [1.165, 1.54) is 12.1 Å². The summed E-state index contributed by atoms with van der Waals surface area (Å²) in [6.07, 6.45) is 1.34. The number of phenols is 1. The number of phenolic OH excluding ortho intramolecular Hbond substituents is 1. The molecule has 1 heterocycles. The molecule has 1 unspecified atom stereocenters. The molecule has 1 aromatic carbocycles. The van der Waals surface area contributed by atoms with Gasteiger partial charge >= 0.3 is 0 Å². The Balaban J connectivity index is 2.12. The van der Waals surface area contributed by atoms with E-state index in [-0.39, 0.29) is 17.1 Å². The predicted molar refractivity (Wildman–Crippen MR) is 62.2 cm³/mol. The molecule has 0 saturated heterocycles. The maximum absolute atomic E-state index is 13.4. The first kappa shape index (κ1) is 12.6. The van der Waals surface area contributed by atoms with Gasteiger partial charge in [-0.2, -0.15) is 0 Å². The fourth-order valence-corrected chi connectivity index (χ4v) is 2.84. The Bertz CT molecular complexity index is 624. The van der Waals surface area contributed by atoms with E-state index in [0.717, 1.165) is 17.5 Å². The first-order valence-electron chi connectivity index (χ1n) is 5.08. The van der Waals surface area contributed by atoms with Crippen LogP contribution in [0.1, 0.15) is 10.4 Å². The molecule has 0 fully saturated rings. The Morgan fingerprint density at radius 3 is 2.72 bits per heavy atom. The summed E-state index contributed by atoms with van der Waals surface area (Å²) in [7, 11) is -3.27. The number of aromatic hydroxyl groups is 1. The van der Waals surface area contributed by atoms with Crippen LogP contribution in [0.25, 0.3) is 0 Å². The molecule has 0 aliphatic carbocycles. The van der Waals surface area contributed by atoms with Crippen molar-refractivity contribution in [2.75, 3.05) is 5.75 Å². The summed E-state index contributed by atoms with van der Waals surface area (Å²) in [4.78, 5) is 11.7. The lowest BCUT2D eigenvalue weighted by Crippen LogP contribution is -2.35. The fraction of sp³-hybridized carbons (Fsp3) is 0.182. The molecule has 96 valence electrons. The largest absolute Gasteiger partial charge is 0.508 e. The van der Waals surface area contributed by atoms with Gasteiger partial charge in [0.2, 0.25) is 0 Å². The van der Waals surface area contributed by atoms with Crippen molar-refractivity contribution in [2.45, 2.75) is 6.04 Å². The van der Waals surface area contributed by atoms with E-state index in [1.54, 1.807) is 0 Å². The third-order valence-corrected chi connectivity index (χ3v) is 3.84. The third kappa shape index (κ3) is 2.67. The number of amides is 1. The van der Waals surface area contributed by atoms with Gasteiger partial charge in [0.25, 0.3) is 5.91 Å². The average Bonchev–Trinajstić information content (AvgIpc) is 2.57. The van der Waals surface area contributed by atoms with E-state index in [4.69, 9.17) is 5.11 Å². The highest BCUT2D eigenvalue weighted by Crippen LogP contribution is 2.16. The van der Waals surface area contributed by atoms with Gasteiger partial charge in [0, 0.05) is 11.5 Å². The van der Waals surface area contributed by atoms with Crippen LogP contribution in [0.2, 0.25) is 0 Å². The summed E-state index contributed by atoms with van der Waals surface area (Å²) in [5.41, 5.74) is -0.245. The zero-order chi connectivity index (χ0) is 13.3. The number of benzene rings is 1. The number of rotatable bonds is 2. The number of carbonyl (C=O) groups is 1. The van der Waals surface area contributed by atoms with Crippen molar-refractivity contribution in [3.05, 3.63) is 41.1 Å². The van der Waals surface area contributed by atoms with Crippen LogP contribution in [0.4, 0.5) is 4.39 Å². The summed E-state index contributed by atoms with van der Waals surface area (Å²) >= 11 is 0. The van der Waals surface area contributed by atoms with E-state index >= 15 is 0 Å². The number of hydrogen-bond acceptors (Lipinski definition) is 4. The minimum atomic E-state index is -3.27. The molecule has 1 amide bonds. The highest BCUT2D eigenvalue weighted by atomic mass is 32.2. The molecular formula is C11H10FNO4S. The second-order valence-corrected chi connectivity index (χ2v) is 5.83. The molecule has 0 spiro atoms. The van der Waals surface area contributed by atoms with Crippen molar-refractivity contribution in [2.24, 2.45) is 0 Å². The van der Waals surface area contributed by atoms with E-state index in [0.29, 0.717) is 0 Å². The van der Waals surface area contributed by atoms with Crippen LogP contribution in [-0.4, -0.2) is 31.2 Å². The minimum Gasteiger partial charge on any atom is -0.508 e. The topological polar surface area (TPSA) is 83.5 Å². The van der Waals surface area contributed by atoms with Gasteiger partial charge in [0.1, 0.15) is 11.6 Å². The number of hydrogen-bond donors (Lipinski definition) is 2. The molecular weight excluding hydrogens is 261 g/mol. The predicted octanol–water partition coefficient (Wildman–Crippen LogP) is 0.572. The van der Waals surface area contributed by atoms with Gasteiger partial charge in [-0.15, -0.1) is 0 Å². The molecule has 1 aliphatic heterocycles. The molecule has 0 saturated carbocycles. The molecule has 0 radical (unpaired) electrons. The Morgan fingerprint density at radius 1 is 1.44 bits per heavy atom. The minimum absolute atomic E-state index is 0.224. The zero-order valence-corrected chi connectivity index (χ0v) is 9.95. The standard InChI is InChI=1S/C11H10FNO4S/c12-10-5-8(14)1-2-9(10)11(15)13-7-3-4-18(16,17)6-7/h1-5,7,14H,6H2,(H,13,15). The number of halogens is 1. The van der Waals surface area contributed by atoms with Gasteiger partial charge in [-0.25, -0.2) is 12.8 Å². The van der Waals surface area contributed by atoms with E-state index < -0.39 is 27.6 Å². The molecule has 1 aliphatic rings. The van der Waals surface area contributed by atoms with Crippen LogP contribution < -0.4 is 5.32 Å². The number of nitrogens with one attached hydrogen (secondary N) is 1. The van der Waals surface area contributed by atoms with Crippen LogP contribution in [-0.2, 0) is 9.84 Å². The third-order valence-electron chi connectivity index (χ3n) is 2.44. The van der Waals surface area contributed by atoms with Crippen molar-refractivity contribution in [1.82, 2.24) is 5.32 Å². The number of carbonyl (C=O) groups excluding carboxylic acids is 1. The molecule has 2 rings (SSSR count). The second-order valence-electron chi connectivity index (χ2n) is 3.90. The average molecular weight is 271 g/mol. The van der Waals surface area contributed by atoms with Crippen LogP contribution in [0.5, 0.6) is 5.75 Å². The smallest absolute Gasteiger partial charge is 0.254 e. The monoisotopic (exact) mass is 271 g/mol. The molecule has 5 nitrogen and oxygen atoms in total. The maximum atomic E-state index is 13.4. The molecule has 0 bridgehead atoms. The van der Waals surface area contributed by atoms with Gasteiger partial charge in [-0.05, 0) is 18.2 Å². The summed E-state index contributed by atoms with van der Waals surface area (Å²) in [5, 5.41) is 12.4. The molecule has 1 aromatic rings. The Labute approximate surface area is 103 Å². The van der Waals surface area contributed by atoms with Crippen molar-refractivity contribution in [3.8, 4) is 5.75 Å². The zero-order valence-electron chi connectivity index (χ0n) is 9.13. The molecule has 2 N–H and O–H groups in total. The summed E-state index contributed by atoms with van der Waals surface area (Å²) in [6.45, 7) is 0. The van der Waals surface area contributed by atoms with Crippen molar-refractivity contribution in [1.29, 1.82) is 0 Å². The molecule has 18 heavy (non-hydrogen) atoms. The second kappa shape index (κ2) is 4.41. The summed E-state index contributed by atoms with van der Waals surface area (Å²) in [5.74, 6) is -2.10. The normalized spacial score (nSPS) is 20.8. The van der Waals surface area contributed by atoms with E-state index in [9.17, 15) is 17.6 Å². The highest BCUT2D eigenvalue weighted by molar-refractivity contribution is 7.94. The van der Waals surface area contributed by atoms with Crippen LogP contribution in [0, 0.1) is 5.82 Å². The lowest BCUT2D eigenvalue weighted by atomic mass is 10.2. The van der Waals surface area contributed by atoms with Gasteiger partial charge < -0.3 is 10.4 Å². The van der Waals surface area contributed by atoms with Crippen molar-refractivity contribution in [3.63, 3.8) is 0 Å². The SMILES string of the molecule is O=C(NC1C=CS(=O)(=O)C1)c1ccc(O)cc1F. The van der Waals surface area contributed by atoms with E-state index in [1.807, 2.05) is 0 Å². The Kier molecular flexibility index (Phi) is 3.08. The van der Waals surface area contributed by atoms with Crippen LogP contribution in [0.15, 0.2) is 29.7 Å². The summed E-state index contributed by atoms with van der Waals surface area (Å²) < 4.78 is 35.6. The molecule has 7 heteroatoms. The Morgan fingerprint density at radius 2 is 2.17 bits per heavy atom. The first-order valence-corrected chi connectivity index (χ1v) is 6.79. The van der Waals surface area contributed by atoms with Crippen LogP contribution in [0.3, 0.4) is 0 Å². The van der Waals surface area contributed by atoms with Gasteiger partial charge in [-0.1, -0.05) is 0 Å². The van der Waals surface area contributed by atoms with Gasteiger partial charge in [0.05, 0.1) is 17.4 Å². The number of sulfone groups is 1. The fourth-order valence-electron chi connectivity index (χ4n) is 1.60. The Hall–Kier alpha value is -1.89. The van der Waals surface area contributed by atoms with Crippen molar-refractivity contribution < 1.29 is 22.7 Å². The molecule has 0 aromatic heterocycles. The maximum Gasteiger partial charge on any atom is 0.254 e. The quantitative estimate of drug-likeness (QED) is 0.823. The van der Waals surface area contributed by atoms with Crippen molar-refractivity contribution >= 4 is 15.7 Å². The first-order chi connectivity index (χ1) is 8.37. The van der Waals surface area contributed by atoms with E-state index in [2.05, 4.69) is 5.32 Å². The lowest BCUT2D eigenvalue weighted by Gasteiger charge is -2.10. The molecule has 1 atom stereocenters. The van der Waals surface area contributed by atoms with Gasteiger partial charge in [0.15, 0.2) is 9.84 Å². The highest BCUT2D eigenvalue weighted by Gasteiger charge is 2.24. The summed E-state index contributed by atoms with van der Waals surface area (Å²) in [6, 6.07) is 2.47. The van der Waals surface area contributed by atoms with Gasteiger partial charge in [-0.3, -0.25) is 4.79 Å². The van der Waals surface area contributed by atoms with Crippen LogP contribution >= 0.6 is 0 Å².